The number of rotatable bonds is 4. The molecule has 8 rings (SSSR count). The van der Waals surface area contributed by atoms with Crippen LogP contribution in [-0.4, -0.2) is 93.4 Å². The van der Waals surface area contributed by atoms with Gasteiger partial charge in [-0.2, -0.15) is 0 Å². The van der Waals surface area contributed by atoms with E-state index in [9.17, 15) is 25.2 Å². The highest BCUT2D eigenvalue weighted by Crippen LogP contribution is 2.90. The second-order valence-electron chi connectivity index (χ2n) is 18.8. The Morgan fingerprint density at radius 1 is 0.894 bits per heavy atom. The van der Waals surface area contributed by atoms with Crippen LogP contribution < -0.4 is 0 Å². The third-order valence-corrected chi connectivity index (χ3v) is 16.3. The van der Waals surface area contributed by atoms with Crippen molar-refractivity contribution in [2.45, 2.75) is 167 Å². The minimum atomic E-state index is -1.29. The van der Waals surface area contributed by atoms with E-state index in [1.807, 2.05) is 13.8 Å². The molecule has 0 aromatic heterocycles. The van der Waals surface area contributed by atoms with Crippen molar-refractivity contribution in [3.8, 4) is 0 Å². The highest BCUT2D eigenvalue weighted by molar-refractivity contribution is 5.66. The summed E-state index contributed by atoms with van der Waals surface area (Å²) in [5.74, 6) is -0.402. The summed E-state index contributed by atoms with van der Waals surface area (Å²) in [6, 6.07) is 0. The lowest BCUT2D eigenvalue weighted by Gasteiger charge is -2.63. The molecule has 0 aromatic rings. The third kappa shape index (κ3) is 3.88. The molecule has 266 valence electrons. The van der Waals surface area contributed by atoms with Crippen molar-refractivity contribution in [1.29, 1.82) is 0 Å². The highest BCUT2D eigenvalue weighted by atomic mass is 16.8. The van der Waals surface area contributed by atoms with Gasteiger partial charge in [-0.05, 0) is 105 Å². The first-order valence-corrected chi connectivity index (χ1v) is 18.4. The number of ether oxygens (including phenoxy) is 5. The maximum atomic E-state index is 12.8. The predicted octanol–water partition coefficient (Wildman–Crippen LogP) is 3.69. The van der Waals surface area contributed by atoms with Crippen LogP contribution in [0.4, 0.5) is 0 Å². The predicted molar refractivity (Wildman–Crippen MR) is 168 cm³/mol. The fourth-order valence-electron chi connectivity index (χ4n) is 14.4. The number of aliphatic hydroxyl groups excluding tert-OH is 4. The normalized spacial score (nSPS) is 58.8. The van der Waals surface area contributed by atoms with Crippen LogP contribution in [0.2, 0.25) is 0 Å². The molecule has 17 atom stereocenters. The van der Waals surface area contributed by atoms with E-state index in [2.05, 4.69) is 34.6 Å². The Labute approximate surface area is 279 Å². The molecule has 0 amide bonds. The molecule has 3 saturated heterocycles. The van der Waals surface area contributed by atoms with Crippen LogP contribution in [0.5, 0.6) is 0 Å². The summed E-state index contributed by atoms with van der Waals surface area (Å²) in [7, 11) is 0. The molecule has 2 bridgehead atoms. The number of esters is 1. The maximum Gasteiger partial charge on any atom is 0.303 e. The molecule has 3 aliphatic heterocycles. The summed E-state index contributed by atoms with van der Waals surface area (Å²) < 4.78 is 31.9. The quantitative estimate of drug-likeness (QED) is 0.260. The Morgan fingerprint density at radius 2 is 1.57 bits per heavy atom. The molecule has 5 saturated carbocycles. The second kappa shape index (κ2) is 9.93. The zero-order valence-corrected chi connectivity index (χ0v) is 29.5. The molecule has 4 N–H and O–H groups in total. The van der Waals surface area contributed by atoms with Gasteiger partial charge in [0.15, 0.2) is 12.1 Å². The minimum Gasteiger partial charge on any atom is -0.457 e. The average Bonchev–Trinajstić information content (AvgIpc) is 3.49. The molecule has 0 aromatic carbocycles. The van der Waals surface area contributed by atoms with Crippen molar-refractivity contribution in [2.75, 3.05) is 6.61 Å². The van der Waals surface area contributed by atoms with Crippen LogP contribution in [0.15, 0.2) is 0 Å². The molecule has 6 unspecified atom stereocenters. The van der Waals surface area contributed by atoms with Gasteiger partial charge in [0, 0.05) is 18.3 Å². The highest BCUT2D eigenvalue weighted by Gasteiger charge is 2.88. The first kappa shape index (κ1) is 33.3. The number of carbonyl (C=O) groups is 1. The van der Waals surface area contributed by atoms with Crippen LogP contribution in [0.3, 0.4) is 0 Å². The van der Waals surface area contributed by atoms with E-state index in [0.717, 1.165) is 51.4 Å². The summed E-state index contributed by atoms with van der Waals surface area (Å²) in [6.45, 7) is 16.8. The van der Waals surface area contributed by atoms with E-state index >= 15 is 0 Å². The molecule has 8 fully saturated rings. The zero-order valence-electron chi connectivity index (χ0n) is 29.5. The van der Waals surface area contributed by atoms with Gasteiger partial charge in [-0.3, -0.25) is 4.79 Å². The molecular formula is C37H58O10. The van der Waals surface area contributed by atoms with E-state index in [1.165, 1.54) is 6.92 Å². The van der Waals surface area contributed by atoms with Gasteiger partial charge in [0.2, 0.25) is 0 Å². The van der Waals surface area contributed by atoms with Gasteiger partial charge in [-0.25, -0.2) is 0 Å². The molecule has 0 radical (unpaired) electrons. The van der Waals surface area contributed by atoms with Crippen molar-refractivity contribution in [3.63, 3.8) is 0 Å². The van der Waals surface area contributed by atoms with Gasteiger partial charge in [0.1, 0.15) is 36.1 Å². The van der Waals surface area contributed by atoms with Crippen molar-refractivity contribution >= 4 is 5.97 Å². The second-order valence-corrected chi connectivity index (χ2v) is 18.8. The summed E-state index contributed by atoms with van der Waals surface area (Å²) in [5.41, 5.74) is -1.36. The average molecular weight is 663 g/mol. The summed E-state index contributed by atoms with van der Waals surface area (Å²) >= 11 is 0. The van der Waals surface area contributed by atoms with Crippen LogP contribution in [-0.2, 0) is 28.5 Å². The Bertz CT molecular complexity index is 1320. The van der Waals surface area contributed by atoms with Gasteiger partial charge < -0.3 is 44.1 Å². The fraction of sp³-hybridized carbons (Fsp3) is 0.973. The van der Waals surface area contributed by atoms with Gasteiger partial charge in [0.05, 0.1) is 18.8 Å². The Balaban J connectivity index is 1.09. The summed E-state index contributed by atoms with van der Waals surface area (Å²) in [5, 5.41) is 43.7. The molecule has 10 nitrogen and oxygen atoms in total. The van der Waals surface area contributed by atoms with E-state index in [4.69, 9.17) is 23.7 Å². The molecule has 3 spiro atoms. The number of hydrogen-bond acceptors (Lipinski definition) is 10. The van der Waals surface area contributed by atoms with E-state index < -0.39 is 53.6 Å². The number of fused-ring (bicyclic) bond motifs is 4. The monoisotopic (exact) mass is 662 g/mol. The van der Waals surface area contributed by atoms with Gasteiger partial charge in [-0.15, -0.1) is 0 Å². The van der Waals surface area contributed by atoms with Gasteiger partial charge >= 0.3 is 5.97 Å². The minimum absolute atomic E-state index is 0.0329. The Morgan fingerprint density at radius 3 is 2.28 bits per heavy atom. The van der Waals surface area contributed by atoms with Crippen molar-refractivity contribution < 1.29 is 48.9 Å². The van der Waals surface area contributed by atoms with Crippen molar-refractivity contribution in [1.82, 2.24) is 0 Å². The molecule has 5 aliphatic carbocycles. The number of aliphatic hydroxyl groups is 4. The Kier molecular flexibility index (Phi) is 7.03. The third-order valence-electron chi connectivity index (χ3n) is 16.3. The molecular weight excluding hydrogens is 604 g/mol. The SMILES string of the molecule is CC(=O)OC(C)(C)[C@H]1OC23O[C@H]1CC(C)C2[C@@]1(C)CCC24CC25CC[C@H](OC2OC[C@@H](O)[C@H](O)[C@H]2O)C(C)(C)[C@@H]5CC[C@H]4[C@]1(C)[C@H]3O. The summed E-state index contributed by atoms with van der Waals surface area (Å²) in [4.78, 5) is 12.1. The van der Waals surface area contributed by atoms with Crippen LogP contribution >= 0.6 is 0 Å². The molecule has 47 heavy (non-hydrogen) atoms. The summed E-state index contributed by atoms with van der Waals surface area (Å²) in [6.07, 6.45) is 1.72. The van der Waals surface area contributed by atoms with Gasteiger partial charge in [0.25, 0.3) is 0 Å². The number of carbonyl (C=O) groups excluding carboxylic acids is 1. The zero-order chi connectivity index (χ0) is 33.9. The maximum absolute atomic E-state index is 12.8. The lowest BCUT2D eigenvalue weighted by Crippen LogP contribution is -2.61. The smallest absolute Gasteiger partial charge is 0.303 e. The van der Waals surface area contributed by atoms with E-state index in [1.54, 1.807) is 0 Å². The molecule has 10 heteroatoms. The topological polar surface area (TPSA) is 144 Å². The number of hydrogen-bond donors (Lipinski definition) is 4. The van der Waals surface area contributed by atoms with Crippen molar-refractivity contribution in [3.05, 3.63) is 0 Å². The van der Waals surface area contributed by atoms with Gasteiger partial charge in [-0.1, -0.05) is 34.6 Å². The first-order valence-electron chi connectivity index (χ1n) is 18.4. The molecule has 3 heterocycles. The first-order chi connectivity index (χ1) is 21.8. The molecule has 8 aliphatic rings. The van der Waals surface area contributed by atoms with Crippen LogP contribution in [0, 0.1) is 50.7 Å². The Hall–Kier alpha value is -0.850. The standard InChI is InChI=1S/C37H58O10/c1-18-15-21-28(32(5,6)45-19(2)38)47-37(46-21)27(18)33(7)13-14-36-17-35(36)12-11-24(44-29-26(41)25(40)20(39)16-43-29)31(3,4)22(35)9-10-23(36)34(33,8)30(37)42/h18,20-30,39-42H,9-17H2,1-8H3/t18?,20-,21+,22+,23+,24+,25+,26-,27?,28+,29?,30-,33-,34-,35?,36?,37?/m1/s1. The van der Waals surface area contributed by atoms with E-state index in [-0.39, 0.29) is 58.3 Å². The lowest BCUT2D eigenvalue weighted by molar-refractivity contribution is -0.303. The largest absolute Gasteiger partial charge is 0.457 e. The fourth-order valence-corrected chi connectivity index (χ4v) is 14.4. The van der Waals surface area contributed by atoms with E-state index in [0.29, 0.717) is 11.8 Å². The van der Waals surface area contributed by atoms with Crippen molar-refractivity contribution in [2.24, 2.45) is 50.7 Å². The van der Waals surface area contributed by atoms with Crippen LogP contribution in [0.1, 0.15) is 107 Å². The van der Waals surface area contributed by atoms with Crippen LogP contribution in [0.25, 0.3) is 0 Å². The lowest BCUT2D eigenvalue weighted by atomic mass is 9.41.